The number of fused-ring (bicyclic) bond motifs is 1. The molecule has 0 spiro atoms. The molecular formula is C11H9Br2N3O4. The molecule has 0 saturated carbocycles. The van der Waals surface area contributed by atoms with Crippen molar-refractivity contribution in [2.45, 2.75) is 6.92 Å². The number of rotatable bonds is 3. The molecule has 7 nitrogen and oxygen atoms in total. The molecule has 0 aliphatic rings. The first-order valence-electron chi connectivity index (χ1n) is 5.39. The molecule has 9 heteroatoms. The molecule has 1 amide bonds. The van der Waals surface area contributed by atoms with Crippen LogP contribution in [0.15, 0.2) is 9.08 Å². The van der Waals surface area contributed by atoms with Crippen LogP contribution in [0.1, 0.15) is 16.2 Å². The summed E-state index contributed by atoms with van der Waals surface area (Å²) in [5.41, 5.74) is 0.865. The van der Waals surface area contributed by atoms with Gasteiger partial charge in [-0.3, -0.25) is 9.59 Å². The number of pyridine rings is 1. The number of halogens is 2. The number of aliphatic carboxylic acids is 1. The van der Waals surface area contributed by atoms with Crippen molar-refractivity contribution in [3.05, 3.63) is 20.5 Å². The van der Waals surface area contributed by atoms with Gasteiger partial charge in [0.2, 0.25) is 0 Å². The number of hydrogen-bond acceptors (Lipinski definition) is 4. The van der Waals surface area contributed by atoms with E-state index in [0.29, 0.717) is 25.7 Å². The fraction of sp³-hybridized carbons (Fsp3) is 0.182. The molecule has 0 bridgehead atoms. The van der Waals surface area contributed by atoms with Crippen LogP contribution >= 0.6 is 31.9 Å². The van der Waals surface area contributed by atoms with Crippen molar-refractivity contribution in [2.24, 2.45) is 0 Å². The zero-order valence-corrected chi connectivity index (χ0v) is 13.3. The predicted octanol–water partition coefficient (Wildman–Crippen LogP) is 1.92. The predicted molar refractivity (Wildman–Crippen MR) is 77.9 cm³/mol. The summed E-state index contributed by atoms with van der Waals surface area (Å²) >= 11 is 6.56. The number of H-pyrrole nitrogens is 1. The molecule has 2 aromatic heterocycles. The molecule has 0 fully saturated rings. The first-order chi connectivity index (χ1) is 9.32. The largest absolute Gasteiger partial charge is 0.505 e. The Morgan fingerprint density at radius 3 is 2.65 bits per heavy atom. The van der Waals surface area contributed by atoms with Gasteiger partial charge in [-0.15, -0.1) is 0 Å². The third-order valence-corrected chi connectivity index (χ3v) is 4.53. The van der Waals surface area contributed by atoms with Crippen molar-refractivity contribution in [3.8, 4) is 5.75 Å². The van der Waals surface area contributed by atoms with Gasteiger partial charge < -0.3 is 20.5 Å². The number of aromatic nitrogens is 2. The van der Waals surface area contributed by atoms with Crippen LogP contribution < -0.4 is 5.32 Å². The number of carboxylic acids is 1. The number of aromatic hydroxyl groups is 1. The highest BCUT2D eigenvalue weighted by Crippen LogP contribution is 2.39. The van der Waals surface area contributed by atoms with Crippen molar-refractivity contribution in [2.75, 3.05) is 6.54 Å². The van der Waals surface area contributed by atoms with E-state index in [9.17, 15) is 14.7 Å². The fourth-order valence-corrected chi connectivity index (χ4v) is 2.61. The summed E-state index contributed by atoms with van der Waals surface area (Å²) in [6, 6.07) is 0. The Kier molecular flexibility index (Phi) is 4.00. The van der Waals surface area contributed by atoms with Gasteiger partial charge in [-0.2, -0.15) is 0 Å². The molecule has 0 aliphatic heterocycles. The maximum Gasteiger partial charge on any atom is 0.322 e. The Labute approximate surface area is 129 Å². The summed E-state index contributed by atoms with van der Waals surface area (Å²) in [6.07, 6.45) is 0. The van der Waals surface area contributed by atoms with E-state index in [2.05, 4.69) is 47.1 Å². The van der Waals surface area contributed by atoms with Crippen LogP contribution in [0.5, 0.6) is 5.75 Å². The molecule has 2 heterocycles. The van der Waals surface area contributed by atoms with E-state index in [-0.39, 0.29) is 11.4 Å². The van der Waals surface area contributed by atoms with Gasteiger partial charge in [-0.05, 0) is 38.8 Å². The first kappa shape index (κ1) is 14.8. The van der Waals surface area contributed by atoms with Crippen LogP contribution in [-0.4, -0.2) is 38.6 Å². The zero-order valence-electron chi connectivity index (χ0n) is 10.1. The van der Waals surface area contributed by atoms with Crippen molar-refractivity contribution in [1.82, 2.24) is 15.3 Å². The third-order valence-electron chi connectivity index (χ3n) is 2.61. The quantitative estimate of drug-likeness (QED) is 0.621. The van der Waals surface area contributed by atoms with Crippen LogP contribution in [0.3, 0.4) is 0 Å². The monoisotopic (exact) mass is 405 g/mol. The van der Waals surface area contributed by atoms with E-state index >= 15 is 0 Å². The van der Waals surface area contributed by atoms with Gasteiger partial charge in [0.15, 0.2) is 11.4 Å². The number of hydrogen-bond donors (Lipinski definition) is 4. The Hall–Kier alpha value is -1.61. The van der Waals surface area contributed by atoms with E-state index in [4.69, 9.17) is 5.11 Å². The lowest BCUT2D eigenvalue weighted by Crippen LogP contribution is -2.30. The lowest BCUT2D eigenvalue weighted by molar-refractivity contribution is -0.135. The number of carbonyl (C=O) groups excluding carboxylic acids is 1. The first-order valence-corrected chi connectivity index (χ1v) is 6.97. The summed E-state index contributed by atoms with van der Waals surface area (Å²) in [5.74, 6) is -2.25. The number of nitrogens with zero attached hydrogens (tertiary/aromatic N) is 1. The second-order valence-corrected chi connectivity index (χ2v) is 5.56. The molecule has 0 aromatic carbocycles. The van der Waals surface area contributed by atoms with Gasteiger partial charge in [0.1, 0.15) is 6.54 Å². The summed E-state index contributed by atoms with van der Waals surface area (Å²) < 4.78 is 1.17. The number of nitrogens with one attached hydrogen (secondary N) is 2. The van der Waals surface area contributed by atoms with E-state index in [1.165, 1.54) is 0 Å². The standard InChI is InChI=1S/C11H9Br2N3O4/c1-3-7-5(6(12)10(13)16-7)9(19)8(15-3)11(20)14-2-4(17)18/h16,19H,2H2,1H3,(H,14,20)(H,17,18). The van der Waals surface area contributed by atoms with Crippen molar-refractivity contribution in [1.29, 1.82) is 0 Å². The highest BCUT2D eigenvalue weighted by atomic mass is 79.9. The van der Waals surface area contributed by atoms with Crippen LogP contribution in [0.25, 0.3) is 10.9 Å². The Morgan fingerprint density at radius 1 is 1.40 bits per heavy atom. The summed E-state index contributed by atoms with van der Waals surface area (Å²) in [5, 5.41) is 21.3. The zero-order chi connectivity index (χ0) is 15.0. The molecule has 2 aromatic rings. The van der Waals surface area contributed by atoms with Crippen LogP contribution in [0.4, 0.5) is 0 Å². The molecule has 4 N–H and O–H groups in total. The van der Waals surface area contributed by atoms with Gasteiger partial charge in [-0.1, -0.05) is 0 Å². The second kappa shape index (κ2) is 5.41. The maximum absolute atomic E-state index is 11.8. The second-order valence-electron chi connectivity index (χ2n) is 3.97. The van der Waals surface area contributed by atoms with Gasteiger partial charge in [0, 0.05) is 0 Å². The molecule has 0 radical (unpaired) electrons. The van der Waals surface area contributed by atoms with Gasteiger partial charge in [0.25, 0.3) is 5.91 Å². The average molecular weight is 407 g/mol. The Bertz CT molecular complexity index is 726. The van der Waals surface area contributed by atoms with Gasteiger partial charge in [-0.25, -0.2) is 4.98 Å². The molecule has 106 valence electrons. The summed E-state index contributed by atoms with van der Waals surface area (Å²) in [4.78, 5) is 29.3. The van der Waals surface area contributed by atoms with Crippen LogP contribution in [0.2, 0.25) is 0 Å². The number of aromatic amines is 1. The normalized spacial score (nSPS) is 10.8. The third kappa shape index (κ3) is 2.50. The van der Waals surface area contributed by atoms with Crippen LogP contribution in [0, 0.1) is 6.92 Å². The topological polar surface area (TPSA) is 115 Å². The lowest BCUT2D eigenvalue weighted by Gasteiger charge is -2.07. The summed E-state index contributed by atoms with van der Waals surface area (Å²) in [6.45, 7) is 1.13. The smallest absolute Gasteiger partial charge is 0.322 e. The molecule has 0 atom stereocenters. The molecule has 2 rings (SSSR count). The number of carboxylic acid groups (broad SMARTS) is 1. The Morgan fingerprint density at radius 2 is 2.05 bits per heavy atom. The average Bonchev–Trinajstić information content (AvgIpc) is 2.68. The van der Waals surface area contributed by atoms with E-state index in [0.717, 1.165) is 0 Å². The maximum atomic E-state index is 11.8. The minimum atomic E-state index is -1.18. The highest BCUT2D eigenvalue weighted by molar-refractivity contribution is 9.13. The van der Waals surface area contributed by atoms with Crippen LogP contribution in [-0.2, 0) is 4.79 Å². The highest BCUT2D eigenvalue weighted by Gasteiger charge is 2.22. The fourth-order valence-electron chi connectivity index (χ4n) is 1.73. The molecular weight excluding hydrogens is 398 g/mol. The number of aryl methyl sites for hydroxylation is 1. The van der Waals surface area contributed by atoms with Gasteiger partial charge >= 0.3 is 5.97 Å². The van der Waals surface area contributed by atoms with E-state index in [1.807, 2.05) is 0 Å². The number of amides is 1. The van der Waals surface area contributed by atoms with Crippen molar-refractivity contribution < 1.29 is 19.8 Å². The SMILES string of the molecule is Cc1nc(C(=O)NCC(=O)O)c(O)c2c(Br)c(Br)[nH]c12. The number of carbonyl (C=O) groups is 2. The molecule has 0 unspecified atom stereocenters. The molecule has 20 heavy (non-hydrogen) atoms. The Balaban J connectivity index is 2.55. The minimum absolute atomic E-state index is 0.219. The van der Waals surface area contributed by atoms with E-state index in [1.54, 1.807) is 6.92 Å². The van der Waals surface area contributed by atoms with E-state index < -0.39 is 18.4 Å². The molecule has 0 aliphatic carbocycles. The van der Waals surface area contributed by atoms with Crippen molar-refractivity contribution >= 4 is 54.6 Å². The van der Waals surface area contributed by atoms with Gasteiger partial charge in [0.05, 0.1) is 25.7 Å². The summed E-state index contributed by atoms with van der Waals surface area (Å²) in [7, 11) is 0. The lowest BCUT2D eigenvalue weighted by atomic mass is 10.2. The van der Waals surface area contributed by atoms with Crippen molar-refractivity contribution in [3.63, 3.8) is 0 Å². The molecule has 0 saturated heterocycles. The minimum Gasteiger partial charge on any atom is -0.505 e.